The molecule has 0 heterocycles. The van der Waals surface area contributed by atoms with Gasteiger partial charge in [-0.25, -0.2) is 13.1 Å². The summed E-state index contributed by atoms with van der Waals surface area (Å²) in [6.07, 6.45) is 3.71. The van der Waals surface area contributed by atoms with Gasteiger partial charge in [0.05, 0.1) is 4.90 Å². The van der Waals surface area contributed by atoms with Crippen LogP contribution in [-0.4, -0.2) is 34.0 Å². The van der Waals surface area contributed by atoms with Crippen LogP contribution in [0, 0.1) is 5.92 Å². The minimum Gasteiger partial charge on any atom is -0.370 e. The number of rotatable bonds is 7. The van der Waals surface area contributed by atoms with Crippen LogP contribution in [0.15, 0.2) is 34.2 Å². The lowest BCUT2D eigenvalue weighted by Gasteiger charge is -2.23. The van der Waals surface area contributed by atoms with Crippen LogP contribution in [0.25, 0.3) is 0 Å². The second-order valence-corrected chi connectivity index (χ2v) is 7.51. The van der Waals surface area contributed by atoms with Gasteiger partial charge in [0.1, 0.15) is 0 Å². The van der Waals surface area contributed by atoms with Gasteiger partial charge in [0.25, 0.3) is 0 Å². The molecule has 0 unspecified atom stereocenters. The molecule has 0 radical (unpaired) electrons. The number of sulfonamides is 1. The number of hydrogen-bond acceptors (Lipinski definition) is 3. The third-order valence-corrected chi connectivity index (χ3v) is 5.27. The number of halogens is 2. The van der Waals surface area contributed by atoms with E-state index in [2.05, 4.69) is 15.0 Å². The second kappa shape index (κ2) is 9.65. The highest BCUT2D eigenvalue weighted by atomic mass is 127. The van der Waals surface area contributed by atoms with Crippen molar-refractivity contribution in [3.8, 4) is 0 Å². The van der Waals surface area contributed by atoms with E-state index in [9.17, 15) is 8.42 Å². The fraction of sp³-hybridized carbons (Fsp3) is 0.500. The van der Waals surface area contributed by atoms with E-state index in [1.54, 1.807) is 12.1 Å². The van der Waals surface area contributed by atoms with Crippen molar-refractivity contribution in [1.82, 2.24) is 10.0 Å². The Morgan fingerprint density at radius 2 is 2.09 bits per heavy atom. The Morgan fingerprint density at radius 3 is 2.70 bits per heavy atom. The van der Waals surface area contributed by atoms with Gasteiger partial charge in [-0.1, -0.05) is 24.1 Å². The average molecular weight is 473 g/mol. The lowest BCUT2D eigenvalue weighted by Crippen LogP contribution is -2.38. The maximum absolute atomic E-state index is 12.0. The molecule has 0 spiro atoms. The van der Waals surface area contributed by atoms with Crippen molar-refractivity contribution >= 4 is 51.6 Å². The Hall–Kier alpha value is -0.580. The van der Waals surface area contributed by atoms with Gasteiger partial charge in [-0.2, -0.15) is 0 Å². The van der Waals surface area contributed by atoms with Gasteiger partial charge in [-0.15, -0.1) is 24.0 Å². The van der Waals surface area contributed by atoms with Gasteiger partial charge in [0.15, 0.2) is 5.96 Å². The van der Waals surface area contributed by atoms with Crippen LogP contribution in [0.5, 0.6) is 0 Å². The molecular weight excluding hydrogens is 451 g/mol. The van der Waals surface area contributed by atoms with Crippen molar-refractivity contribution in [3.05, 3.63) is 29.3 Å². The minimum absolute atomic E-state index is 0. The van der Waals surface area contributed by atoms with Crippen LogP contribution in [0.3, 0.4) is 0 Å². The zero-order chi connectivity index (χ0) is 16.0. The molecule has 1 aliphatic carbocycles. The molecule has 1 fully saturated rings. The minimum atomic E-state index is -3.56. The van der Waals surface area contributed by atoms with Crippen molar-refractivity contribution in [1.29, 1.82) is 0 Å². The standard InChI is InChI=1S/C14H21ClN4O2S.HI/c15-12-5-2-6-13(9-12)22(20,21)19-8-7-17-14(16)18-10-11-3-1-4-11;/h2,5-6,9,11,19H,1,3-4,7-8,10H2,(H3,16,17,18);1H. The molecule has 0 aliphatic heterocycles. The monoisotopic (exact) mass is 472 g/mol. The summed E-state index contributed by atoms with van der Waals surface area (Å²) in [5, 5.41) is 3.28. The predicted octanol–water partition coefficient (Wildman–Crippen LogP) is 1.94. The van der Waals surface area contributed by atoms with Gasteiger partial charge >= 0.3 is 0 Å². The highest BCUT2D eigenvalue weighted by Gasteiger charge is 2.16. The summed E-state index contributed by atoms with van der Waals surface area (Å²) in [6, 6.07) is 6.13. The molecule has 1 aromatic carbocycles. The molecule has 1 saturated carbocycles. The number of benzene rings is 1. The molecule has 23 heavy (non-hydrogen) atoms. The van der Waals surface area contributed by atoms with E-state index in [-0.39, 0.29) is 35.4 Å². The third-order valence-electron chi connectivity index (χ3n) is 3.57. The summed E-state index contributed by atoms with van der Waals surface area (Å²) in [5.74, 6) is 1.01. The lowest BCUT2D eigenvalue weighted by atomic mass is 9.86. The molecule has 130 valence electrons. The zero-order valence-electron chi connectivity index (χ0n) is 12.7. The van der Waals surface area contributed by atoms with Gasteiger partial charge in [-0.3, -0.25) is 4.99 Å². The van der Waals surface area contributed by atoms with Gasteiger partial charge < -0.3 is 11.1 Å². The highest BCUT2D eigenvalue weighted by molar-refractivity contribution is 14.0. The first-order valence-corrected chi connectivity index (χ1v) is 9.12. The van der Waals surface area contributed by atoms with E-state index in [0.717, 1.165) is 6.54 Å². The number of hydrogen-bond donors (Lipinski definition) is 3. The van der Waals surface area contributed by atoms with E-state index in [1.807, 2.05) is 0 Å². The molecular formula is C14H22ClIN4O2S. The SMILES string of the molecule is I.NC(=NCC1CCC1)NCCNS(=O)(=O)c1cccc(Cl)c1. The number of guanidine groups is 1. The van der Waals surface area contributed by atoms with Crippen molar-refractivity contribution < 1.29 is 8.42 Å². The van der Waals surface area contributed by atoms with Crippen molar-refractivity contribution in [2.75, 3.05) is 19.6 Å². The van der Waals surface area contributed by atoms with Crippen LogP contribution in [0.2, 0.25) is 5.02 Å². The quantitative estimate of drug-likeness (QED) is 0.245. The first-order valence-electron chi connectivity index (χ1n) is 7.26. The molecule has 1 aromatic rings. The topological polar surface area (TPSA) is 96.6 Å². The van der Waals surface area contributed by atoms with Crippen LogP contribution in [0.4, 0.5) is 0 Å². The van der Waals surface area contributed by atoms with E-state index in [1.165, 1.54) is 31.4 Å². The number of nitrogens with zero attached hydrogens (tertiary/aromatic N) is 1. The van der Waals surface area contributed by atoms with Crippen LogP contribution in [-0.2, 0) is 10.0 Å². The molecule has 0 saturated heterocycles. The van der Waals surface area contributed by atoms with Crippen molar-refractivity contribution in [3.63, 3.8) is 0 Å². The Kier molecular flexibility index (Phi) is 8.59. The Bertz CT molecular complexity index is 635. The van der Waals surface area contributed by atoms with Gasteiger partial charge in [-0.05, 0) is 37.0 Å². The van der Waals surface area contributed by atoms with Gasteiger partial charge in [0, 0.05) is 24.7 Å². The molecule has 0 aromatic heterocycles. The molecule has 2 rings (SSSR count). The highest BCUT2D eigenvalue weighted by Crippen LogP contribution is 2.26. The normalized spacial score (nSPS) is 15.6. The summed E-state index contributed by atoms with van der Waals surface area (Å²) in [6.45, 7) is 1.33. The lowest BCUT2D eigenvalue weighted by molar-refractivity contribution is 0.326. The third kappa shape index (κ3) is 6.82. The molecule has 0 atom stereocenters. The van der Waals surface area contributed by atoms with E-state index >= 15 is 0 Å². The second-order valence-electron chi connectivity index (χ2n) is 5.30. The maximum Gasteiger partial charge on any atom is 0.240 e. The molecule has 6 nitrogen and oxygen atoms in total. The average Bonchev–Trinajstić information content (AvgIpc) is 2.42. The van der Waals surface area contributed by atoms with Gasteiger partial charge in [0.2, 0.25) is 10.0 Å². The number of aliphatic imine (C=N–C) groups is 1. The zero-order valence-corrected chi connectivity index (χ0v) is 16.6. The first kappa shape index (κ1) is 20.5. The van der Waals surface area contributed by atoms with Crippen molar-refractivity contribution in [2.24, 2.45) is 16.6 Å². The molecule has 4 N–H and O–H groups in total. The number of nitrogens with two attached hydrogens (primary N) is 1. The fourth-order valence-electron chi connectivity index (χ4n) is 2.05. The van der Waals surface area contributed by atoms with Crippen LogP contribution in [0.1, 0.15) is 19.3 Å². The summed E-state index contributed by atoms with van der Waals surface area (Å²) < 4.78 is 26.5. The first-order chi connectivity index (χ1) is 10.5. The molecule has 1 aliphatic rings. The number of nitrogens with one attached hydrogen (secondary N) is 2. The Balaban J connectivity index is 0.00000264. The fourth-order valence-corrected chi connectivity index (χ4v) is 3.38. The van der Waals surface area contributed by atoms with E-state index in [0.29, 0.717) is 23.4 Å². The smallest absolute Gasteiger partial charge is 0.240 e. The van der Waals surface area contributed by atoms with Crippen LogP contribution >= 0.6 is 35.6 Å². The Morgan fingerprint density at radius 1 is 1.35 bits per heavy atom. The summed E-state index contributed by atoms with van der Waals surface area (Å²) in [5.41, 5.74) is 5.73. The predicted molar refractivity (Wildman–Crippen MR) is 104 cm³/mol. The van der Waals surface area contributed by atoms with E-state index in [4.69, 9.17) is 17.3 Å². The van der Waals surface area contributed by atoms with E-state index < -0.39 is 10.0 Å². The van der Waals surface area contributed by atoms with Crippen molar-refractivity contribution in [2.45, 2.75) is 24.2 Å². The Labute approximate surface area is 159 Å². The summed E-state index contributed by atoms with van der Waals surface area (Å²) in [7, 11) is -3.56. The molecule has 9 heteroatoms. The summed E-state index contributed by atoms with van der Waals surface area (Å²) >= 11 is 5.79. The maximum atomic E-state index is 12.0. The molecule has 0 amide bonds. The van der Waals surface area contributed by atoms with Crippen LogP contribution < -0.4 is 15.8 Å². The largest absolute Gasteiger partial charge is 0.370 e. The summed E-state index contributed by atoms with van der Waals surface area (Å²) in [4.78, 5) is 4.38. The molecule has 0 bridgehead atoms.